The molecule has 0 unspecified atom stereocenters. The molecule has 170 valence electrons. The Morgan fingerprint density at radius 2 is 2.00 bits per heavy atom. The number of benzene rings is 2. The number of fused-ring (bicyclic) bond motifs is 2. The van der Waals surface area contributed by atoms with Crippen LogP contribution in [0.25, 0.3) is 27.4 Å². The SMILES string of the molecule is CCCN1CC=C(c2cn(S(=O)(=O)c3ccc4cccnc4c3)c3ccc(OC)cc23)CC1. The molecule has 0 atom stereocenters. The van der Waals surface area contributed by atoms with E-state index in [2.05, 4.69) is 22.9 Å². The third kappa shape index (κ3) is 3.92. The molecule has 7 heteroatoms. The molecule has 0 bridgehead atoms. The molecule has 0 saturated heterocycles. The Morgan fingerprint density at radius 3 is 2.76 bits per heavy atom. The molecule has 4 aromatic rings. The largest absolute Gasteiger partial charge is 0.497 e. The zero-order valence-electron chi connectivity index (χ0n) is 18.9. The molecular formula is C26H27N3O3S. The lowest BCUT2D eigenvalue weighted by Gasteiger charge is -2.25. The molecule has 5 rings (SSSR count). The van der Waals surface area contributed by atoms with E-state index in [0.29, 0.717) is 16.8 Å². The van der Waals surface area contributed by atoms with Crippen LogP contribution in [0.15, 0.2) is 71.9 Å². The molecule has 0 spiro atoms. The van der Waals surface area contributed by atoms with Gasteiger partial charge in [0.1, 0.15) is 5.75 Å². The lowest BCUT2D eigenvalue weighted by molar-refractivity contribution is 0.302. The van der Waals surface area contributed by atoms with Crippen molar-refractivity contribution in [2.75, 3.05) is 26.7 Å². The van der Waals surface area contributed by atoms with Crippen molar-refractivity contribution >= 4 is 37.4 Å². The Labute approximate surface area is 194 Å². The molecule has 0 saturated carbocycles. The Kier molecular flexibility index (Phi) is 5.68. The van der Waals surface area contributed by atoms with Crippen molar-refractivity contribution in [2.45, 2.75) is 24.7 Å². The van der Waals surface area contributed by atoms with Gasteiger partial charge in [0.15, 0.2) is 0 Å². The normalized spacial score (nSPS) is 15.2. The van der Waals surface area contributed by atoms with Crippen LogP contribution in [0.5, 0.6) is 5.75 Å². The number of aromatic nitrogens is 2. The fourth-order valence-electron chi connectivity index (χ4n) is 4.56. The molecule has 2 aromatic heterocycles. The molecule has 1 aliphatic heterocycles. The van der Waals surface area contributed by atoms with Crippen molar-refractivity contribution in [1.29, 1.82) is 0 Å². The maximum Gasteiger partial charge on any atom is 0.268 e. The van der Waals surface area contributed by atoms with Crippen molar-refractivity contribution in [3.05, 3.63) is 72.6 Å². The average Bonchev–Trinajstić information content (AvgIpc) is 3.24. The zero-order valence-corrected chi connectivity index (χ0v) is 19.7. The van der Waals surface area contributed by atoms with Crippen LogP contribution in [-0.4, -0.2) is 49.0 Å². The number of nitrogens with zero attached hydrogens (tertiary/aromatic N) is 3. The lowest BCUT2D eigenvalue weighted by atomic mass is 9.99. The molecule has 6 nitrogen and oxygen atoms in total. The predicted molar refractivity (Wildman–Crippen MR) is 132 cm³/mol. The van der Waals surface area contributed by atoms with Crippen LogP contribution in [0.1, 0.15) is 25.3 Å². The van der Waals surface area contributed by atoms with E-state index in [1.165, 1.54) is 9.55 Å². The van der Waals surface area contributed by atoms with Gasteiger partial charge in [-0.1, -0.05) is 25.1 Å². The van der Waals surface area contributed by atoms with Crippen molar-refractivity contribution in [3.63, 3.8) is 0 Å². The number of pyridine rings is 1. The Morgan fingerprint density at radius 1 is 1.12 bits per heavy atom. The maximum absolute atomic E-state index is 13.8. The van der Waals surface area contributed by atoms with Crippen molar-refractivity contribution < 1.29 is 13.2 Å². The monoisotopic (exact) mass is 461 g/mol. The first-order chi connectivity index (χ1) is 16.0. The van der Waals surface area contributed by atoms with Gasteiger partial charge in [-0.05, 0) is 61.4 Å². The molecule has 0 radical (unpaired) electrons. The summed E-state index contributed by atoms with van der Waals surface area (Å²) in [6, 6.07) is 14.4. The highest BCUT2D eigenvalue weighted by molar-refractivity contribution is 7.90. The minimum atomic E-state index is -3.82. The Balaban J connectivity index is 1.65. The van der Waals surface area contributed by atoms with Crippen LogP contribution in [0.3, 0.4) is 0 Å². The topological polar surface area (TPSA) is 64.4 Å². The van der Waals surface area contributed by atoms with E-state index < -0.39 is 10.0 Å². The number of hydrogen-bond acceptors (Lipinski definition) is 5. The van der Waals surface area contributed by atoms with Crippen molar-refractivity contribution in [3.8, 4) is 5.75 Å². The van der Waals surface area contributed by atoms with E-state index in [9.17, 15) is 8.42 Å². The summed E-state index contributed by atoms with van der Waals surface area (Å²) in [6.45, 7) is 5.11. The third-order valence-electron chi connectivity index (χ3n) is 6.29. The molecule has 0 fully saturated rings. The summed E-state index contributed by atoms with van der Waals surface area (Å²) in [4.78, 5) is 6.97. The van der Waals surface area contributed by atoms with Gasteiger partial charge in [-0.25, -0.2) is 12.4 Å². The second-order valence-electron chi connectivity index (χ2n) is 8.36. The molecular weight excluding hydrogens is 434 g/mol. The fourth-order valence-corrected chi connectivity index (χ4v) is 5.95. The van der Waals surface area contributed by atoms with E-state index in [0.717, 1.165) is 48.8 Å². The number of methoxy groups -OCH3 is 1. The summed E-state index contributed by atoms with van der Waals surface area (Å²) >= 11 is 0. The standard InChI is InChI=1S/C26H27N3O3S/c1-3-13-28-14-10-19(11-15-28)24-18-29(26-9-7-21(32-2)16-23(24)26)33(30,31)22-8-6-20-5-4-12-27-25(20)17-22/h4-10,12,16-18H,3,11,13-15H2,1-2H3. The first-order valence-corrected chi connectivity index (χ1v) is 12.7. The molecule has 33 heavy (non-hydrogen) atoms. The van der Waals surface area contributed by atoms with Crippen LogP contribution in [0, 0.1) is 0 Å². The lowest BCUT2D eigenvalue weighted by Crippen LogP contribution is -2.29. The first kappa shape index (κ1) is 21.7. The summed E-state index contributed by atoms with van der Waals surface area (Å²) in [5.41, 5.74) is 3.42. The summed E-state index contributed by atoms with van der Waals surface area (Å²) < 4.78 is 34.4. The van der Waals surface area contributed by atoms with E-state index in [1.807, 2.05) is 24.3 Å². The molecule has 2 aromatic carbocycles. The summed E-state index contributed by atoms with van der Waals surface area (Å²) in [5.74, 6) is 0.706. The van der Waals surface area contributed by atoms with Crippen LogP contribution >= 0.6 is 0 Å². The Bertz CT molecular complexity index is 1470. The van der Waals surface area contributed by atoms with E-state index in [4.69, 9.17) is 4.74 Å². The van der Waals surface area contributed by atoms with Crippen LogP contribution in [0.4, 0.5) is 0 Å². The van der Waals surface area contributed by atoms with Crippen LogP contribution in [-0.2, 0) is 10.0 Å². The van der Waals surface area contributed by atoms with Gasteiger partial charge in [0.25, 0.3) is 10.0 Å². The van der Waals surface area contributed by atoms with Crippen molar-refractivity contribution in [2.24, 2.45) is 0 Å². The van der Waals surface area contributed by atoms with Gasteiger partial charge in [0, 0.05) is 41.8 Å². The molecule has 0 amide bonds. The second-order valence-corrected chi connectivity index (χ2v) is 10.2. The summed E-state index contributed by atoms with van der Waals surface area (Å²) in [5, 5.41) is 1.79. The van der Waals surface area contributed by atoms with E-state index in [1.54, 1.807) is 43.8 Å². The Hall–Kier alpha value is -3.16. The minimum Gasteiger partial charge on any atom is -0.497 e. The number of rotatable bonds is 6. The van der Waals surface area contributed by atoms with Gasteiger partial charge in [0.2, 0.25) is 0 Å². The average molecular weight is 462 g/mol. The maximum atomic E-state index is 13.8. The summed E-state index contributed by atoms with van der Waals surface area (Å²) in [6.07, 6.45) is 7.67. The van der Waals surface area contributed by atoms with Gasteiger partial charge in [0.05, 0.1) is 23.0 Å². The molecule has 0 N–H and O–H groups in total. The summed E-state index contributed by atoms with van der Waals surface area (Å²) in [7, 11) is -2.19. The van der Waals surface area contributed by atoms with Crippen LogP contribution in [0.2, 0.25) is 0 Å². The highest BCUT2D eigenvalue weighted by Gasteiger charge is 2.24. The molecule has 0 aliphatic carbocycles. The fraction of sp³-hybridized carbons (Fsp3) is 0.269. The third-order valence-corrected chi connectivity index (χ3v) is 7.96. The molecule has 1 aliphatic rings. The van der Waals surface area contributed by atoms with Crippen LogP contribution < -0.4 is 4.74 Å². The smallest absolute Gasteiger partial charge is 0.268 e. The van der Waals surface area contributed by atoms with Gasteiger partial charge < -0.3 is 4.74 Å². The van der Waals surface area contributed by atoms with Gasteiger partial charge >= 0.3 is 0 Å². The van der Waals surface area contributed by atoms with Gasteiger partial charge in [-0.15, -0.1) is 0 Å². The van der Waals surface area contributed by atoms with E-state index >= 15 is 0 Å². The predicted octanol–water partition coefficient (Wildman–Crippen LogP) is 4.93. The quantitative estimate of drug-likeness (QED) is 0.407. The first-order valence-electron chi connectivity index (χ1n) is 11.2. The highest BCUT2D eigenvalue weighted by Crippen LogP contribution is 2.35. The van der Waals surface area contributed by atoms with Gasteiger partial charge in [-0.3, -0.25) is 9.88 Å². The highest BCUT2D eigenvalue weighted by atomic mass is 32.2. The molecule has 3 heterocycles. The van der Waals surface area contributed by atoms with E-state index in [-0.39, 0.29) is 4.90 Å². The van der Waals surface area contributed by atoms with Crippen molar-refractivity contribution in [1.82, 2.24) is 13.9 Å². The van der Waals surface area contributed by atoms with Gasteiger partial charge in [-0.2, -0.15) is 0 Å². The number of hydrogen-bond donors (Lipinski definition) is 0. The minimum absolute atomic E-state index is 0.222. The number of ether oxygens (including phenoxy) is 1. The second kappa shape index (κ2) is 8.65. The zero-order chi connectivity index (χ0) is 23.0.